The van der Waals surface area contributed by atoms with Gasteiger partial charge in [0.15, 0.2) is 0 Å². The van der Waals surface area contributed by atoms with Gasteiger partial charge in [-0.3, -0.25) is 4.90 Å². The van der Waals surface area contributed by atoms with Crippen molar-refractivity contribution < 1.29 is 43.6 Å². The SMILES string of the molecule is C=CCCOC(=O)N(CCC)[C@H]1CC(=NOCC)C2=C[C@H](CCCCO)[C@@H](CCCCO)[C@@H]3c4cc(OC(=O)NCc5ccccc5)ccc4O[C@@]1(OCC=C)[C@H]23. The molecule has 1 heterocycles. The maximum atomic E-state index is 14.1. The van der Waals surface area contributed by atoms with Crippen LogP contribution in [0, 0.1) is 17.8 Å². The highest BCUT2D eigenvalue weighted by atomic mass is 16.7. The van der Waals surface area contributed by atoms with Crippen LogP contribution in [0.1, 0.15) is 88.7 Å². The number of aliphatic hydroxyl groups is 2. The van der Waals surface area contributed by atoms with Crippen molar-refractivity contribution in [3.05, 3.63) is 96.6 Å². The smallest absolute Gasteiger partial charge is 0.412 e. The zero-order valence-corrected chi connectivity index (χ0v) is 33.6. The molecular formula is C45H61N3O9. The van der Waals surface area contributed by atoms with Gasteiger partial charge < -0.3 is 39.3 Å². The van der Waals surface area contributed by atoms with E-state index in [9.17, 15) is 19.8 Å². The van der Waals surface area contributed by atoms with Gasteiger partial charge in [-0.25, -0.2) is 9.59 Å². The first kappa shape index (κ1) is 43.5. The molecule has 12 heteroatoms. The van der Waals surface area contributed by atoms with Crippen LogP contribution in [-0.2, 0) is 20.9 Å². The van der Waals surface area contributed by atoms with Crippen LogP contribution < -0.4 is 14.8 Å². The summed E-state index contributed by atoms with van der Waals surface area (Å²) in [6.45, 7) is 13.2. The summed E-state index contributed by atoms with van der Waals surface area (Å²) in [5, 5.41) is 27.2. The molecule has 12 nitrogen and oxygen atoms in total. The average Bonchev–Trinajstić information content (AvgIpc) is 3.22. The molecule has 0 bridgehead atoms. The Hall–Kier alpha value is -4.65. The summed E-state index contributed by atoms with van der Waals surface area (Å²) in [5.74, 6) is -1.15. The minimum absolute atomic E-state index is 0.0202. The van der Waals surface area contributed by atoms with Crippen molar-refractivity contribution in [2.75, 3.05) is 39.6 Å². The highest BCUT2D eigenvalue weighted by Crippen LogP contribution is 2.62. The average molecular weight is 788 g/mol. The number of nitrogens with one attached hydrogen (secondary N) is 1. The van der Waals surface area contributed by atoms with Crippen LogP contribution in [0.5, 0.6) is 11.5 Å². The predicted molar refractivity (Wildman–Crippen MR) is 219 cm³/mol. The number of nitrogens with zero attached hydrogens (tertiary/aromatic N) is 2. The van der Waals surface area contributed by atoms with Gasteiger partial charge in [-0.15, -0.1) is 13.2 Å². The standard InChI is InChI=1S/C45H61N3O9/c1-5-9-27-53-44(52)48(23-6-2)40-30-38(47-55-8-4)36-28-33(19-13-15-24-49)35(20-14-16-25-50)41-37-29-34(56-43(51)46-31-32-17-11-10-12-18-32)21-22-39(37)57-45(40,42(36)41)54-26-7-3/h5,7,10-12,17-18,21-22,28-29,33,35,40-42,49-50H,1,3,6,8-9,13-16,19-20,23-27,30-31H2,2,4H3,(H,46,51)/t33-,35+,40-,41+,42+,45+/m0/s1. The number of rotatable bonds is 22. The summed E-state index contributed by atoms with van der Waals surface area (Å²) in [7, 11) is 0. The Bertz CT molecular complexity index is 1700. The van der Waals surface area contributed by atoms with Crippen LogP contribution >= 0.6 is 0 Å². The molecule has 2 aromatic rings. The Kier molecular flexibility index (Phi) is 16.6. The normalized spacial score (nSPS) is 23.9. The van der Waals surface area contributed by atoms with Gasteiger partial charge in [0.1, 0.15) is 24.1 Å². The van der Waals surface area contributed by atoms with Gasteiger partial charge in [0, 0.05) is 44.2 Å². The number of benzene rings is 2. The number of unbranched alkanes of at least 4 members (excludes halogenated alkanes) is 2. The molecule has 5 rings (SSSR count). The molecule has 57 heavy (non-hydrogen) atoms. The van der Waals surface area contributed by atoms with E-state index in [1.54, 1.807) is 23.1 Å². The monoisotopic (exact) mass is 787 g/mol. The number of oxime groups is 1. The lowest BCUT2D eigenvalue weighted by molar-refractivity contribution is -0.255. The van der Waals surface area contributed by atoms with E-state index in [1.165, 1.54) is 0 Å². The zero-order valence-electron chi connectivity index (χ0n) is 33.6. The van der Waals surface area contributed by atoms with Gasteiger partial charge in [-0.2, -0.15) is 0 Å². The fourth-order valence-corrected chi connectivity index (χ4v) is 8.70. The summed E-state index contributed by atoms with van der Waals surface area (Å²) in [6, 6.07) is 14.4. The van der Waals surface area contributed by atoms with E-state index in [2.05, 4.69) is 24.6 Å². The molecule has 2 amide bonds. The highest BCUT2D eigenvalue weighted by molar-refractivity contribution is 6.03. The van der Waals surface area contributed by atoms with Crippen LogP contribution in [0.2, 0.25) is 0 Å². The summed E-state index contributed by atoms with van der Waals surface area (Å²) >= 11 is 0. The molecule has 1 saturated carbocycles. The molecule has 0 radical (unpaired) electrons. The molecule has 310 valence electrons. The van der Waals surface area contributed by atoms with Crippen molar-refractivity contribution in [2.24, 2.45) is 22.9 Å². The van der Waals surface area contributed by atoms with Crippen LogP contribution in [0.15, 0.2) is 90.6 Å². The Morgan fingerprint density at radius 1 is 1.04 bits per heavy atom. The van der Waals surface area contributed by atoms with E-state index in [0.717, 1.165) is 42.4 Å². The predicted octanol–water partition coefficient (Wildman–Crippen LogP) is 8.05. The maximum Gasteiger partial charge on any atom is 0.412 e. The molecule has 0 aromatic heterocycles. The van der Waals surface area contributed by atoms with Gasteiger partial charge in [-0.1, -0.05) is 73.5 Å². The number of aliphatic hydroxyl groups excluding tert-OH is 2. The largest absolute Gasteiger partial charge is 0.459 e. The van der Waals surface area contributed by atoms with E-state index in [-0.39, 0.29) is 50.6 Å². The molecule has 2 aliphatic carbocycles. The first-order valence-corrected chi connectivity index (χ1v) is 20.6. The van der Waals surface area contributed by atoms with E-state index in [4.69, 9.17) is 28.9 Å². The molecule has 6 atom stereocenters. The van der Waals surface area contributed by atoms with Crippen molar-refractivity contribution in [2.45, 2.75) is 95.9 Å². The number of ether oxygens (including phenoxy) is 4. The number of amides is 2. The first-order valence-electron chi connectivity index (χ1n) is 20.6. The molecule has 3 N–H and O–H groups in total. The molecular weight excluding hydrogens is 727 g/mol. The molecule has 0 saturated heterocycles. The van der Waals surface area contributed by atoms with Gasteiger partial charge in [0.25, 0.3) is 0 Å². The third-order valence-corrected chi connectivity index (χ3v) is 11.1. The topological polar surface area (TPSA) is 148 Å². The summed E-state index contributed by atoms with van der Waals surface area (Å²) in [6.07, 6.45) is 10.5. The van der Waals surface area contributed by atoms with Crippen molar-refractivity contribution >= 4 is 17.9 Å². The second-order valence-corrected chi connectivity index (χ2v) is 14.8. The van der Waals surface area contributed by atoms with Crippen LogP contribution in [0.3, 0.4) is 0 Å². The van der Waals surface area contributed by atoms with Gasteiger partial charge in [-0.05, 0) is 86.6 Å². The zero-order chi connectivity index (χ0) is 40.6. The van der Waals surface area contributed by atoms with Crippen LogP contribution in [0.25, 0.3) is 0 Å². The molecule has 1 fully saturated rings. The quantitative estimate of drug-likeness (QED) is 0.0613. The fourth-order valence-electron chi connectivity index (χ4n) is 8.70. The molecule has 2 aromatic carbocycles. The van der Waals surface area contributed by atoms with Crippen molar-refractivity contribution in [1.82, 2.24) is 10.2 Å². The number of carbonyl (C=O) groups excluding carboxylic acids is 2. The number of carbonyl (C=O) groups is 2. The van der Waals surface area contributed by atoms with E-state index >= 15 is 0 Å². The Labute approximate surface area is 337 Å². The van der Waals surface area contributed by atoms with Crippen molar-refractivity contribution in [1.29, 1.82) is 0 Å². The molecule has 0 spiro atoms. The number of hydrogen-bond acceptors (Lipinski definition) is 10. The minimum Gasteiger partial charge on any atom is -0.459 e. The molecule has 0 unspecified atom stereocenters. The molecule has 1 aliphatic heterocycles. The highest BCUT2D eigenvalue weighted by Gasteiger charge is 2.65. The summed E-state index contributed by atoms with van der Waals surface area (Å²) in [5.41, 5.74) is 3.43. The van der Waals surface area contributed by atoms with Crippen LogP contribution in [0.4, 0.5) is 9.59 Å². The Balaban J connectivity index is 1.69. The van der Waals surface area contributed by atoms with E-state index in [0.29, 0.717) is 62.6 Å². The third-order valence-electron chi connectivity index (χ3n) is 11.1. The lowest BCUT2D eigenvalue weighted by Crippen LogP contribution is -2.70. The second-order valence-electron chi connectivity index (χ2n) is 14.8. The Morgan fingerprint density at radius 3 is 2.51 bits per heavy atom. The van der Waals surface area contributed by atoms with Crippen molar-refractivity contribution in [3.8, 4) is 11.5 Å². The maximum absolute atomic E-state index is 14.1. The van der Waals surface area contributed by atoms with E-state index in [1.807, 2.05) is 56.3 Å². The Morgan fingerprint density at radius 2 is 1.81 bits per heavy atom. The number of allylic oxidation sites excluding steroid dienone is 1. The van der Waals surface area contributed by atoms with Gasteiger partial charge in [0.2, 0.25) is 5.79 Å². The number of fused-ring (bicyclic) bond motifs is 2. The first-order chi connectivity index (χ1) is 27.8. The third kappa shape index (κ3) is 10.5. The van der Waals surface area contributed by atoms with Gasteiger partial charge >= 0.3 is 12.2 Å². The van der Waals surface area contributed by atoms with Gasteiger partial charge in [0.05, 0.1) is 24.8 Å². The van der Waals surface area contributed by atoms with Crippen LogP contribution in [-0.4, -0.2) is 84.4 Å². The summed E-state index contributed by atoms with van der Waals surface area (Å²) in [4.78, 5) is 34.8. The molecule has 3 aliphatic rings. The minimum atomic E-state index is -1.41. The van der Waals surface area contributed by atoms with Crippen molar-refractivity contribution in [3.63, 3.8) is 0 Å². The summed E-state index contributed by atoms with van der Waals surface area (Å²) < 4.78 is 25.9. The lowest BCUT2D eigenvalue weighted by atomic mass is 9.55. The lowest BCUT2D eigenvalue weighted by Gasteiger charge is -2.59. The second kappa shape index (κ2) is 21.8. The van der Waals surface area contributed by atoms with E-state index < -0.39 is 29.9 Å². The number of hydrogen-bond donors (Lipinski definition) is 3. The fraction of sp³-hybridized carbons (Fsp3) is 0.533.